The van der Waals surface area contributed by atoms with E-state index >= 15 is 0 Å². The van der Waals surface area contributed by atoms with Crippen LogP contribution in [0.2, 0.25) is 0 Å². The summed E-state index contributed by atoms with van der Waals surface area (Å²) in [5.41, 5.74) is 0. The fraction of sp³-hybridized carbons (Fsp3) is 0.400. The number of sulfonamides is 1. The van der Waals surface area contributed by atoms with Gasteiger partial charge in [-0.05, 0) is 23.6 Å². The topological polar surface area (TPSA) is 105 Å². The minimum absolute atomic E-state index is 0.0101. The lowest BCUT2D eigenvalue weighted by atomic mass is 10.3. The van der Waals surface area contributed by atoms with Crippen molar-refractivity contribution in [1.82, 2.24) is 14.5 Å². The molecule has 0 atom stereocenters. The second kappa shape index (κ2) is 9.25. The number of benzene rings is 1. The van der Waals surface area contributed by atoms with Crippen molar-refractivity contribution < 1.29 is 27.5 Å². The summed E-state index contributed by atoms with van der Waals surface area (Å²) in [7, 11) is -3.89. The van der Waals surface area contributed by atoms with Crippen LogP contribution in [0.4, 0.5) is 0 Å². The van der Waals surface area contributed by atoms with Gasteiger partial charge >= 0.3 is 0 Å². The molecule has 1 saturated heterocycles. The molecule has 3 heterocycles. The number of ether oxygens (including phenoxy) is 2. The van der Waals surface area contributed by atoms with E-state index in [9.17, 15) is 18.0 Å². The van der Waals surface area contributed by atoms with Crippen molar-refractivity contribution in [3.8, 4) is 11.5 Å². The Balaban J connectivity index is 1.31. The van der Waals surface area contributed by atoms with Crippen LogP contribution in [0.5, 0.6) is 11.5 Å². The molecule has 0 unspecified atom stereocenters. The van der Waals surface area contributed by atoms with Crippen molar-refractivity contribution >= 4 is 33.2 Å². The molecule has 31 heavy (non-hydrogen) atoms. The maximum atomic E-state index is 12.6. The fourth-order valence-electron chi connectivity index (χ4n) is 3.38. The molecule has 0 spiro atoms. The van der Waals surface area contributed by atoms with Gasteiger partial charge in [-0.25, -0.2) is 13.1 Å². The summed E-state index contributed by atoms with van der Waals surface area (Å²) in [4.78, 5) is 28.9. The number of rotatable bonds is 5. The lowest BCUT2D eigenvalue weighted by molar-refractivity contribution is -0.131. The van der Waals surface area contributed by atoms with Gasteiger partial charge in [-0.15, -0.1) is 11.3 Å². The van der Waals surface area contributed by atoms with E-state index in [0.29, 0.717) is 55.8 Å². The van der Waals surface area contributed by atoms with E-state index in [1.165, 1.54) is 23.5 Å². The van der Waals surface area contributed by atoms with Crippen molar-refractivity contribution in [2.45, 2.75) is 11.3 Å². The number of nitrogens with one attached hydrogen (secondary N) is 1. The molecule has 11 heteroatoms. The molecule has 2 aliphatic rings. The van der Waals surface area contributed by atoms with Crippen molar-refractivity contribution in [2.75, 3.05) is 45.9 Å². The minimum atomic E-state index is -3.89. The van der Waals surface area contributed by atoms with E-state index in [-0.39, 0.29) is 23.3 Å². The number of hydrogen-bond acceptors (Lipinski definition) is 7. The first-order valence-corrected chi connectivity index (χ1v) is 12.3. The van der Waals surface area contributed by atoms with Crippen LogP contribution >= 0.6 is 11.3 Å². The SMILES string of the molecule is O=C(CNS(=O)(=O)c1ccc2c(c1)OCCCO2)N1CCN(C(=O)c2cccs2)CC1. The maximum Gasteiger partial charge on any atom is 0.264 e. The molecule has 0 radical (unpaired) electrons. The van der Waals surface area contributed by atoms with Crippen molar-refractivity contribution in [2.24, 2.45) is 0 Å². The molecule has 4 rings (SSSR count). The van der Waals surface area contributed by atoms with Gasteiger partial charge in [0.15, 0.2) is 11.5 Å². The summed E-state index contributed by atoms with van der Waals surface area (Å²) in [6.07, 6.45) is 0.718. The van der Waals surface area contributed by atoms with Crippen LogP contribution in [0.1, 0.15) is 16.1 Å². The van der Waals surface area contributed by atoms with E-state index in [4.69, 9.17) is 9.47 Å². The second-order valence-corrected chi connectivity index (χ2v) is 9.85. The normalized spacial score (nSPS) is 16.6. The van der Waals surface area contributed by atoms with Gasteiger partial charge < -0.3 is 19.3 Å². The van der Waals surface area contributed by atoms with Crippen LogP contribution in [0, 0.1) is 0 Å². The standard InChI is InChI=1S/C20H23N3O6S2/c24-19(22-6-8-23(9-7-22)20(25)18-3-1-12-30-18)14-21-31(26,27)15-4-5-16-17(13-15)29-11-2-10-28-16/h1,3-5,12-13,21H,2,6-11,14H2. The number of thiophene rings is 1. The molecule has 2 aromatic rings. The van der Waals surface area contributed by atoms with Gasteiger partial charge in [0.2, 0.25) is 15.9 Å². The third kappa shape index (κ3) is 5.00. The maximum absolute atomic E-state index is 12.6. The van der Waals surface area contributed by atoms with Crippen LogP contribution < -0.4 is 14.2 Å². The predicted octanol–water partition coefficient (Wildman–Crippen LogP) is 1.17. The summed E-state index contributed by atoms with van der Waals surface area (Å²) in [5.74, 6) is 0.499. The molecular formula is C20H23N3O6S2. The zero-order valence-corrected chi connectivity index (χ0v) is 18.4. The lowest BCUT2D eigenvalue weighted by Gasteiger charge is -2.34. The smallest absolute Gasteiger partial charge is 0.264 e. The van der Waals surface area contributed by atoms with Crippen LogP contribution in [0.15, 0.2) is 40.6 Å². The van der Waals surface area contributed by atoms with Gasteiger partial charge in [-0.3, -0.25) is 9.59 Å². The highest BCUT2D eigenvalue weighted by Crippen LogP contribution is 2.31. The number of carbonyl (C=O) groups is 2. The highest BCUT2D eigenvalue weighted by atomic mass is 32.2. The van der Waals surface area contributed by atoms with Crippen LogP contribution in [-0.4, -0.2) is 76.0 Å². The summed E-state index contributed by atoms with van der Waals surface area (Å²) < 4.78 is 38.7. The molecule has 0 saturated carbocycles. The number of nitrogens with zero attached hydrogens (tertiary/aromatic N) is 2. The lowest BCUT2D eigenvalue weighted by Crippen LogP contribution is -2.52. The average molecular weight is 466 g/mol. The molecule has 2 amide bonds. The van der Waals surface area contributed by atoms with Gasteiger partial charge in [0, 0.05) is 38.7 Å². The molecule has 0 bridgehead atoms. The van der Waals surface area contributed by atoms with Crippen LogP contribution in [0.25, 0.3) is 0 Å². The van der Waals surface area contributed by atoms with Crippen molar-refractivity contribution in [3.63, 3.8) is 0 Å². The summed E-state index contributed by atoms with van der Waals surface area (Å²) in [6, 6.07) is 7.99. The molecule has 1 aromatic carbocycles. The quantitative estimate of drug-likeness (QED) is 0.711. The summed E-state index contributed by atoms with van der Waals surface area (Å²) in [5, 5.41) is 1.85. The second-order valence-electron chi connectivity index (χ2n) is 7.13. The zero-order chi connectivity index (χ0) is 21.8. The Kier molecular flexibility index (Phi) is 6.44. The third-order valence-electron chi connectivity index (χ3n) is 5.09. The first-order chi connectivity index (χ1) is 14.9. The predicted molar refractivity (Wildman–Crippen MR) is 114 cm³/mol. The molecule has 0 aliphatic carbocycles. The highest BCUT2D eigenvalue weighted by molar-refractivity contribution is 7.89. The first kappa shape index (κ1) is 21.6. The molecular weight excluding hydrogens is 442 g/mol. The van der Waals surface area contributed by atoms with Gasteiger partial charge in [0.1, 0.15) is 0 Å². The Morgan fingerprint density at radius 3 is 2.42 bits per heavy atom. The molecule has 2 aliphatic heterocycles. The average Bonchev–Trinajstić information content (AvgIpc) is 3.22. The van der Waals surface area contributed by atoms with E-state index in [2.05, 4.69) is 4.72 Å². The van der Waals surface area contributed by atoms with Crippen LogP contribution in [-0.2, 0) is 14.8 Å². The Morgan fingerprint density at radius 1 is 1.00 bits per heavy atom. The number of hydrogen-bond donors (Lipinski definition) is 1. The molecule has 1 N–H and O–H groups in total. The molecule has 1 aromatic heterocycles. The largest absolute Gasteiger partial charge is 0.490 e. The van der Waals surface area contributed by atoms with Gasteiger partial charge in [0.05, 0.1) is 29.5 Å². The number of piperazine rings is 1. The molecule has 166 valence electrons. The highest BCUT2D eigenvalue weighted by Gasteiger charge is 2.26. The number of carbonyl (C=O) groups excluding carboxylic acids is 2. The Morgan fingerprint density at radius 2 is 1.71 bits per heavy atom. The third-order valence-corrected chi connectivity index (χ3v) is 7.35. The van der Waals surface area contributed by atoms with E-state index in [0.717, 1.165) is 6.42 Å². The fourth-order valence-corrected chi connectivity index (χ4v) is 5.06. The molecule has 9 nitrogen and oxygen atoms in total. The Hall–Kier alpha value is -2.63. The number of amides is 2. The van der Waals surface area contributed by atoms with E-state index < -0.39 is 10.0 Å². The summed E-state index contributed by atoms with van der Waals surface area (Å²) in [6.45, 7) is 2.16. The zero-order valence-electron chi connectivity index (χ0n) is 16.8. The van der Waals surface area contributed by atoms with E-state index in [1.807, 2.05) is 11.4 Å². The van der Waals surface area contributed by atoms with Crippen molar-refractivity contribution in [1.29, 1.82) is 0 Å². The van der Waals surface area contributed by atoms with Gasteiger partial charge in [0.25, 0.3) is 5.91 Å². The monoisotopic (exact) mass is 465 g/mol. The molecule has 1 fully saturated rings. The van der Waals surface area contributed by atoms with Crippen LogP contribution in [0.3, 0.4) is 0 Å². The van der Waals surface area contributed by atoms with Gasteiger partial charge in [-0.2, -0.15) is 0 Å². The Bertz CT molecular complexity index is 1050. The summed E-state index contributed by atoms with van der Waals surface area (Å²) >= 11 is 1.38. The number of fused-ring (bicyclic) bond motifs is 1. The van der Waals surface area contributed by atoms with Crippen molar-refractivity contribution in [3.05, 3.63) is 40.6 Å². The Labute approximate surface area is 184 Å². The first-order valence-electron chi connectivity index (χ1n) is 9.94. The van der Waals surface area contributed by atoms with Gasteiger partial charge in [-0.1, -0.05) is 6.07 Å². The minimum Gasteiger partial charge on any atom is -0.490 e. The van der Waals surface area contributed by atoms with E-state index in [1.54, 1.807) is 21.9 Å².